The minimum Gasteiger partial charge on any atom is -0.456 e. The van der Waals surface area contributed by atoms with Gasteiger partial charge in [-0.15, -0.1) is 0 Å². The maximum atomic E-state index is 14.7. The first-order valence-corrected chi connectivity index (χ1v) is 19.8. The molecule has 7 saturated heterocycles. The average molecular weight is 727 g/mol. The molecule has 9 fully saturated rings. The number of nitrogens with zero attached hydrogens (tertiary/aromatic N) is 2. The second kappa shape index (κ2) is 12.0. The molecule has 14 atom stereocenters. The van der Waals surface area contributed by atoms with Gasteiger partial charge in [-0.2, -0.15) is 13.2 Å². The van der Waals surface area contributed by atoms with Crippen molar-refractivity contribution in [2.75, 3.05) is 45.9 Å². The van der Waals surface area contributed by atoms with Crippen LogP contribution < -0.4 is 0 Å². The third kappa shape index (κ3) is 5.36. The van der Waals surface area contributed by atoms with Gasteiger partial charge in [0, 0.05) is 69.9 Å². The Morgan fingerprint density at radius 3 is 2.10 bits per heavy atom. The highest BCUT2D eigenvalue weighted by atomic mass is 19.4. The first-order valence-electron chi connectivity index (χ1n) is 19.8. The zero-order valence-corrected chi connectivity index (χ0v) is 31.1. The number of rotatable bonds is 6. The maximum Gasteiger partial charge on any atom is 0.449 e. The number of allylic oxidation sites excluding steroid dienone is 1. The summed E-state index contributed by atoms with van der Waals surface area (Å²) >= 11 is 0. The summed E-state index contributed by atoms with van der Waals surface area (Å²) in [5.41, 5.74) is -1.16. The molecule has 0 unspecified atom stereocenters. The van der Waals surface area contributed by atoms with Crippen LogP contribution >= 0.6 is 0 Å². The molecule has 8 aliphatic heterocycles. The van der Waals surface area contributed by atoms with E-state index in [2.05, 4.69) is 30.6 Å². The Morgan fingerprint density at radius 2 is 1.37 bits per heavy atom. The summed E-state index contributed by atoms with van der Waals surface area (Å²) in [4.78, 5) is 16.8. The Morgan fingerprint density at radius 1 is 0.725 bits per heavy atom. The molecule has 0 aromatic rings. The Hall–Kier alpha value is -1.03. The van der Waals surface area contributed by atoms with Gasteiger partial charge in [0.05, 0.1) is 6.61 Å². The van der Waals surface area contributed by atoms with Crippen molar-refractivity contribution in [3.63, 3.8) is 0 Å². The van der Waals surface area contributed by atoms with Crippen LogP contribution in [0.5, 0.6) is 0 Å². The van der Waals surface area contributed by atoms with Gasteiger partial charge in [-0.25, -0.2) is 9.78 Å². The first-order chi connectivity index (χ1) is 24.1. The summed E-state index contributed by atoms with van der Waals surface area (Å²) in [6.07, 6.45) is 0.751. The van der Waals surface area contributed by atoms with E-state index in [9.17, 15) is 13.2 Å². The Balaban J connectivity index is 0.849. The summed E-state index contributed by atoms with van der Waals surface area (Å²) in [6, 6.07) is 0. The maximum absolute atomic E-state index is 14.7. The minimum atomic E-state index is -4.60. The third-order valence-corrected chi connectivity index (χ3v) is 15.1. The van der Waals surface area contributed by atoms with Crippen LogP contribution in [0.2, 0.25) is 0 Å². The number of hydrogen-bond acceptors (Lipinski definition) is 10. The van der Waals surface area contributed by atoms with Gasteiger partial charge in [0.15, 0.2) is 23.5 Å². The molecule has 8 heterocycles. The molecule has 288 valence electrons. The number of halogens is 3. The standard InChI is InChI=1S/C38H57F3N2O8/c1-22-8-10-29-25(30(38(39,40)41)45-31-36(29)26(22)11-13-33(4,46-31)49-36)21-43-17-15-42(16-18-43)19-20-44-35(6)24(3)28-9-7-23(2)27-12-14-34(5)47-32(48-35)37(27,28)51-50-34/h22-24,26-29,31-32H,7-21H2,1-6H3/t22-,23-,24-,26+,27+,28+,29+,31-,32+,33+,34+,35+,36-,37-/m1/s1. The van der Waals surface area contributed by atoms with Crippen LogP contribution in [0.4, 0.5) is 13.2 Å². The molecule has 10 rings (SSSR count). The number of ether oxygens (including phenoxy) is 6. The van der Waals surface area contributed by atoms with E-state index in [0.717, 1.165) is 51.6 Å². The molecular formula is C38H57F3N2O8. The first kappa shape index (κ1) is 35.7. The fraction of sp³-hybridized carbons (Fsp3) is 0.947. The quantitative estimate of drug-likeness (QED) is 0.289. The van der Waals surface area contributed by atoms with E-state index in [4.69, 9.17) is 38.2 Å². The fourth-order valence-electron chi connectivity index (χ4n) is 12.2. The van der Waals surface area contributed by atoms with Gasteiger partial charge in [-0.05, 0) is 88.5 Å². The Kier molecular flexibility index (Phi) is 8.38. The highest BCUT2D eigenvalue weighted by Gasteiger charge is 2.73. The van der Waals surface area contributed by atoms with E-state index < -0.39 is 53.1 Å². The lowest BCUT2D eigenvalue weighted by Crippen LogP contribution is -2.73. The van der Waals surface area contributed by atoms with Crippen molar-refractivity contribution in [2.45, 2.75) is 140 Å². The molecule has 10 nitrogen and oxygen atoms in total. The molecule has 0 aromatic carbocycles. The van der Waals surface area contributed by atoms with Crippen LogP contribution in [-0.4, -0.2) is 103 Å². The van der Waals surface area contributed by atoms with E-state index in [1.807, 2.05) is 20.8 Å². The molecule has 2 saturated carbocycles. The summed E-state index contributed by atoms with van der Waals surface area (Å²) in [7, 11) is 0. The van der Waals surface area contributed by atoms with E-state index in [0.29, 0.717) is 62.4 Å². The zero-order valence-electron chi connectivity index (χ0n) is 31.1. The van der Waals surface area contributed by atoms with Gasteiger partial charge in [-0.3, -0.25) is 9.80 Å². The molecule has 0 aromatic heterocycles. The van der Waals surface area contributed by atoms with Crippen molar-refractivity contribution >= 4 is 0 Å². The van der Waals surface area contributed by atoms with Crippen molar-refractivity contribution in [3.05, 3.63) is 11.3 Å². The van der Waals surface area contributed by atoms with Crippen molar-refractivity contribution in [3.8, 4) is 0 Å². The highest BCUT2D eigenvalue weighted by Crippen LogP contribution is 2.65. The number of fused-ring (bicyclic) bond motifs is 3. The minimum absolute atomic E-state index is 0.0572. The summed E-state index contributed by atoms with van der Waals surface area (Å²) in [5, 5.41) is 0. The summed E-state index contributed by atoms with van der Waals surface area (Å²) in [6.45, 7) is 16.7. The lowest BCUT2D eigenvalue weighted by atomic mass is 9.57. The lowest BCUT2D eigenvalue weighted by Gasteiger charge is -2.62. The zero-order chi connectivity index (χ0) is 35.8. The molecule has 4 bridgehead atoms. The molecule has 0 radical (unpaired) electrons. The monoisotopic (exact) mass is 726 g/mol. The van der Waals surface area contributed by atoms with Crippen molar-refractivity contribution < 1.29 is 51.4 Å². The largest absolute Gasteiger partial charge is 0.456 e. The predicted octanol–water partition coefficient (Wildman–Crippen LogP) is 6.35. The normalized spacial score (nSPS) is 52.6. The molecule has 0 N–H and O–H groups in total. The van der Waals surface area contributed by atoms with Gasteiger partial charge in [0.2, 0.25) is 17.8 Å². The van der Waals surface area contributed by atoms with E-state index in [1.54, 1.807) is 0 Å². The molecule has 10 aliphatic rings. The second-order valence-corrected chi connectivity index (χ2v) is 18.1. The van der Waals surface area contributed by atoms with E-state index in [1.165, 1.54) is 0 Å². The topological polar surface area (TPSA) is 80.3 Å². The van der Waals surface area contributed by atoms with Gasteiger partial charge >= 0.3 is 6.18 Å². The number of alkyl halides is 3. The predicted molar refractivity (Wildman–Crippen MR) is 176 cm³/mol. The Bertz CT molecular complexity index is 1410. The second-order valence-electron chi connectivity index (χ2n) is 18.1. The van der Waals surface area contributed by atoms with Gasteiger partial charge in [-0.1, -0.05) is 20.8 Å². The molecule has 2 spiro atoms. The van der Waals surface area contributed by atoms with E-state index >= 15 is 0 Å². The van der Waals surface area contributed by atoms with Crippen LogP contribution in [0, 0.1) is 41.4 Å². The van der Waals surface area contributed by atoms with Crippen molar-refractivity contribution in [1.29, 1.82) is 0 Å². The molecule has 51 heavy (non-hydrogen) atoms. The average Bonchev–Trinajstić information content (AvgIpc) is 3.14. The van der Waals surface area contributed by atoms with Crippen LogP contribution in [-0.2, 0) is 38.2 Å². The molecule has 0 amide bonds. The molecular weight excluding hydrogens is 669 g/mol. The van der Waals surface area contributed by atoms with Crippen LogP contribution in [0.25, 0.3) is 0 Å². The van der Waals surface area contributed by atoms with Gasteiger partial charge in [0.1, 0.15) is 5.60 Å². The summed E-state index contributed by atoms with van der Waals surface area (Å²) < 4.78 is 82.6. The molecule has 2 aliphatic carbocycles. The highest BCUT2D eigenvalue weighted by molar-refractivity contribution is 5.30. The van der Waals surface area contributed by atoms with E-state index in [-0.39, 0.29) is 30.2 Å². The van der Waals surface area contributed by atoms with Crippen LogP contribution in [0.15, 0.2) is 11.3 Å². The number of hydrogen-bond donors (Lipinski definition) is 0. The van der Waals surface area contributed by atoms with Gasteiger partial charge < -0.3 is 28.4 Å². The van der Waals surface area contributed by atoms with Gasteiger partial charge in [0.25, 0.3) is 0 Å². The molecule has 13 heteroatoms. The SMILES string of the molecule is C[C@@H]1CC[C@H]2[C@@H](C)[C@@](C)(OCCN3CCN(CC4=C(C(F)(F)F)O[C@@H]5O[C@]6(C)CC[C@H]7[C@H](C)CC[C@@H]4[C@@]57O6)CC3)O[C@@H]3O[C@]4(C)CC[C@@H]1[C@]32OO4. The van der Waals surface area contributed by atoms with Crippen LogP contribution in [0.3, 0.4) is 0 Å². The Labute approximate surface area is 299 Å². The smallest absolute Gasteiger partial charge is 0.449 e. The van der Waals surface area contributed by atoms with Crippen molar-refractivity contribution in [1.82, 2.24) is 9.80 Å². The number of piperazine rings is 1. The third-order valence-electron chi connectivity index (χ3n) is 15.1. The lowest BCUT2D eigenvalue weighted by molar-refractivity contribution is -0.585. The fourth-order valence-corrected chi connectivity index (χ4v) is 12.2. The summed E-state index contributed by atoms with van der Waals surface area (Å²) in [5.74, 6) is -2.38. The van der Waals surface area contributed by atoms with Crippen molar-refractivity contribution in [2.24, 2.45) is 41.4 Å². The van der Waals surface area contributed by atoms with Crippen LogP contribution in [0.1, 0.15) is 92.9 Å².